The van der Waals surface area contributed by atoms with Gasteiger partial charge in [0.2, 0.25) is 5.69 Å². The van der Waals surface area contributed by atoms with Crippen LogP contribution in [0.5, 0.6) is 0 Å². The highest BCUT2D eigenvalue weighted by atomic mass is 127. The van der Waals surface area contributed by atoms with E-state index in [-0.39, 0.29) is 0 Å². The molecular weight excluding hydrogens is 621 g/mol. The molecule has 0 bridgehead atoms. The first-order chi connectivity index (χ1) is 13.0. The van der Waals surface area contributed by atoms with Gasteiger partial charge in [-0.25, -0.2) is 0 Å². The second-order valence-electron chi connectivity index (χ2n) is 6.15. The van der Waals surface area contributed by atoms with Gasteiger partial charge in [0.15, 0.2) is 0 Å². The van der Waals surface area contributed by atoms with Crippen molar-refractivity contribution in [1.29, 1.82) is 0 Å². The van der Waals surface area contributed by atoms with Crippen LogP contribution in [0.1, 0.15) is 22.3 Å². The van der Waals surface area contributed by atoms with E-state index in [1.807, 2.05) is 0 Å². The van der Waals surface area contributed by atoms with Crippen molar-refractivity contribution < 1.29 is 9.05 Å². The molecule has 2 nitrogen and oxygen atoms in total. The molecule has 7 heteroatoms. The molecule has 0 aliphatic carbocycles. The van der Waals surface area contributed by atoms with E-state index in [4.69, 9.17) is 20.9 Å². The molecular formula is C20H25I2O2PS2. The Morgan fingerprint density at radius 1 is 0.667 bits per heavy atom. The summed E-state index contributed by atoms with van der Waals surface area (Å²) < 4.78 is 13.8. The van der Waals surface area contributed by atoms with Crippen LogP contribution in [0.25, 0.3) is 0 Å². The van der Waals surface area contributed by atoms with Crippen molar-refractivity contribution in [3.8, 4) is 0 Å². The van der Waals surface area contributed by atoms with E-state index >= 15 is 0 Å². The maximum atomic E-state index is 5.77. The molecule has 0 aliphatic rings. The Balaban J connectivity index is 1.69. The smallest absolute Gasteiger partial charge is 0.244 e. The summed E-state index contributed by atoms with van der Waals surface area (Å²) in [5, 5.41) is 0. The molecule has 2 rings (SSSR count). The van der Waals surface area contributed by atoms with Crippen molar-refractivity contribution in [2.24, 2.45) is 0 Å². The van der Waals surface area contributed by atoms with Crippen LogP contribution in [0.15, 0.2) is 48.5 Å². The van der Waals surface area contributed by atoms with Crippen LogP contribution in [0, 0.1) is 0 Å². The predicted molar refractivity (Wildman–Crippen MR) is 141 cm³/mol. The van der Waals surface area contributed by atoms with Gasteiger partial charge in [0, 0.05) is 8.86 Å². The minimum Gasteiger partial charge on any atom is -0.321 e. The second-order valence-corrected chi connectivity index (χ2v) is 13.6. The molecule has 0 saturated carbocycles. The number of aryl methyl sites for hydroxylation is 2. The summed E-state index contributed by atoms with van der Waals surface area (Å²) in [6.45, 7) is 1.08. The summed E-state index contributed by atoms with van der Waals surface area (Å²) in [6.07, 6.45) is 3.88. The van der Waals surface area contributed by atoms with E-state index in [0.717, 1.165) is 34.5 Å². The molecule has 0 saturated heterocycles. The average Bonchev–Trinajstić information content (AvgIpc) is 2.65. The van der Waals surface area contributed by atoms with E-state index in [0.29, 0.717) is 13.2 Å². The zero-order valence-electron chi connectivity index (χ0n) is 15.2. The van der Waals surface area contributed by atoms with Crippen molar-refractivity contribution in [2.45, 2.75) is 25.7 Å². The predicted octanol–water partition coefficient (Wildman–Crippen LogP) is 6.61. The van der Waals surface area contributed by atoms with E-state index in [2.05, 4.69) is 106 Å². The van der Waals surface area contributed by atoms with Gasteiger partial charge in [-0.05, 0) is 59.7 Å². The molecule has 0 heterocycles. The summed E-state index contributed by atoms with van der Waals surface area (Å²) in [5.74, 6) is 0. The fourth-order valence-corrected chi connectivity index (χ4v) is 5.46. The molecule has 0 aliphatic heterocycles. The summed E-state index contributed by atoms with van der Waals surface area (Å²) >= 11 is 14.7. The van der Waals surface area contributed by atoms with Crippen LogP contribution in [-0.2, 0) is 46.5 Å². The SMILES string of the molecule is S=P(S)(OCCc1ccc(CCI)cc1)OCCc1ccc(CCI)cc1. The van der Waals surface area contributed by atoms with Crippen LogP contribution in [0.4, 0.5) is 0 Å². The van der Waals surface area contributed by atoms with Crippen LogP contribution in [0.2, 0.25) is 0 Å². The van der Waals surface area contributed by atoms with Gasteiger partial charge in [-0.2, -0.15) is 0 Å². The number of alkyl halides is 2. The maximum absolute atomic E-state index is 5.77. The lowest BCUT2D eigenvalue weighted by molar-refractivity contribution is 0.264. The molecule has 27 heavy (non-hydrogen) atoms. The monoisotopic (exact) mass is 646 g/mol. The van der Waals surface area contributed by atoms with E-state index in [9.17, 15) is 0 Å². The van der Waals surface area contributed by atoms with Crippen LogP contribution >= 0.6 is 63.1 Å². The minimum absolute atomic E-state index is 0.539. The third-order valence-corrected chi connectivity index (χ3v) is 7.52. The molecule has 0 aromatic heterocycles. The first-order valence-corrected chi connectivity index (χ1v) is 15.8. The van der Waals surface area contributed by atoms with Gasteiger partial charge in [0.1, 0.15) is 0 Å². The fraction of sp³-hybridized carbons (Fsp3) is 0.400. The lowest BCUT2D eigenvalue weighted by Crippen LogP contribution is -2.00. The number of thiol groups is 1. The highest BCUT2D eigenvalue weighted by Gasteiger charge is 2.13. The van der Waals surface area contributed by atoms with Gasteiger partial charge in [0.25, 0.3) is 0 Å². The second kappa shape index (κ2) is 13.2. The Morgan fingerprint density at radius 2 is 0.963 bits per heavy atom. The van der Waals surface area contributed by atoms with Crippen LogP contribution < -0.4 is 0 Å². The van der Waals surface area contributed by atoms with Gasteiger partial charge in [-0.3, -0.25) is 0 Å². The number of benzene rings is 2. The Labute approximate surface area is 200 Å². The zero-order valence-corrected chi connectivity index (χ0v) is 22.1. The highest BCUT2D eigenvalue weighted by Crippen LogP contribution is 2.53. The lowest BCUT2D eigenvalue weighted by Gasteiger charge is -2.17. The van der Waals surface area contributed by atoms with Crippen LogP contribution in [0.3, 0.4) is 0 Å². The van der Waals surface area contributed by atoms with Gasteiger partial charge < -0.3 is 9.05 Å². The Morgan fingerprint density at radius 3 is 1.26 bits per heavy atom. The number of hydrogen-bond acceptors (Lipinski definition) is 3. The highest BCUT2D eigenvalue weighted by molar-refractivity contribution is 14.1. The van der Waals surface area contributed by atoms with Gasteiger partial charge in [-0.1, -0.05) is 106 Å². The van der Waals surface area contributed by atoms with Gasteiger partial charge in [0.05, 0.1) is 13.2 Å². The Bertz CT molecular complexity index is 664. The summed E-state index contributed by atoms with van der Waals surface area (Å²) in [6, 6.07) is 17.4. The molecule has 0 atom stereocenters. The normalized spacial score (nSPS) is 11.7. The maximum Gasteiger partial charge on any atom is 0.244 e. The number of halogens is 2. The zero-order chi connectivity index (χ0) is 19.5. The van der Waals surface area contributed by atoms with Crippen molar-refractivity contribution in [2.75, 3.05) is 22.1 Å². The first-order valence-electron chi connectivity index (χ1n) is 8.92. The number of rotatable bonds is 12. The third kappa shape index (κ3) is 9.92. The van der Waals surface area contributed by atoms with E-state index in [1.165, 1.54) is 22.3 Å². The third-order valence-electron chi connectivity index (χ3n) is 4.10. The summed E-state index contributed by atoms with van der Waals surface area (Å²) in [7, 11) is 0. The molecule has 2 aromatic carbocycles. The Kier molecular flexibility index (Phi) is 11.8. The first kappa shape index (κ1) is 24.1. The Hall–Kier alpha value is 0.820. The fourth-order valence-electron chi connectivity index (χ4n) is 2.56. The summed E-state index contributed by atoms with van der Waals surface area (Å²) in [4.78, 5) is 0. The minimum atomic E-state index is -2.48. The molecule has 0 unspecified atom stereocenters. The molecule has 0 fully saturated rings. The van der Waals surface area contributed by atoms with Crippen molar-refractivity contribution in [3.63, 3.8) is 0 Å². The molecule has 0 radical (unpaired) electrons. The molecule has 2 aromatic rings. The van der Waals surface area contributed by atoms with E-state index < -0.39 is 5.69 Å². The van der Waals surface area contributed by atoms with Crippen molar-refractivity contribution >= 4 is 74.9 Å². The molecule has 0 spiro atoms. The van der Waals surface area contributed by atoms with Crippen molar-refractivity contribution in [3.05, 3.63) is 70.8 Å². The summed E-state index contributed by atoms with van der Waals surface area (Å²) in [5.41, 5.74) is 2.77. The van der Waals surface area contributed by atoms with E-state index in [1.54, 1.807) is 0 Å². The average molecular weight is 646 g/mol. The molecule has 0 N–H and O–H groups in total. The standard InChI is InChI=1S/C20H25I2O2PS2/c21-13-9-17-1-5-19(6-2-17)11-15-23-25(26,27)24-16-12-20-7-3-18(4-8-20)10-14-22/h1-8H,9-16H2,(H,26,27). The largest absolute Gasteiger partial charge is 0.321 e. The van der Waals surface area contributed by atoms with Crippen LogP contribution in [-0.4, -0.2) is 22.1 Å². The quantitative estimate of drug-likeness (QED) is 0.121. The van der Waals surface area contributed by atoms with Gasteiger partial charge >= 0.3 is 0 Å². The van der Waals surface area contributed by atoms with Gasteiger partial charge in [-0.15, -0.1) is 0 Å². The number of hydrogen-bond donors (Lipinski definition) is 1. The molecule has 148 valence electrons. The molecule has 0 amide bonds. The van der Waals surface area contributed by atoms with Crippen molar-refractivity contribution in [1.82, 2.24) is 0 Å². The topological polar surface area (TPSA) is 18.5 Å². The lowest BCUT2D eigenvalue weighted by atomic mass is 10.1.